The van der Waals surface area contributed by atoms with Crippen LogP contribution in [0.15, 0.2) is 23.1 Å². The Morgan fingerprint density at radius 1 is 1.50 bits per heavy atom. The highest BCUT2D eigenvalue weighted by atomic mass is 32.2. The fraction of sp³-hybridized carbons (Fsp3) is 0.250. The molecule has 0 saturated heterocycles. The summed E-state index contributed by atoms with van der Waals surface area (Å²) in [4.78, 5) is 10.2. The Morgan fingerprint density at radius 2 is 2.14 bits per heavy atom. The topological polar surface area (TPSA) is 69.4 Å². The van der Waals surface area contributed by atoms with Gasteiger partial charge in [0.1, 0.15) is 5.75 Å². The van der Waals surface area contributed by atoms with Crippen LogP contribution in [0.5, 0.6) is 5.75 Å². The van der Waals surface area contributed by atoms with E-state index in [0.717, 1.165) is 0 Å². The summed E-state index contributed by atoms with van der Waals surface area (Å²) in [5.74, 6) is 0.399. The second-order valence-electron chi connectivity index (χ2n) is 2.55. The van der Waals surface area contributed by atoms with Crippen LogP contribution < -0.4 is 4.74 Å². The molecule has 0 amide bonds. The van der Waals surface area contributed by atoms with E-state index < -0.39 is 15.7 Å². The zero-order valence-corrected chi connectivity index (χ0v) is 8.54. The Kier molecular flexibility index (Phi) is 3.19. The maximum absolute atomic E-state index is 11.2. The van der Waals surface area contributed by atoms with Crippen molar-refractivity contribution in [2.24, 2.45) is 0 Å². The predicted octanol–water partition coefficient (Wildman–Crippen LogP) is 1.34. The molecular formula is C8H9NO4S. The molecule has 0 N–H and O–H groups in total. The van der Waals surface area contributed by atoms with Crippen molar-refractivity contribution in [2.45, 2.75) is 4.90 Å². The molecule has 1 rings (SSSR count). The summed E-state index contributed by atoms with van der Waals surface area (Å²) in [5, 5.41) is 10.4. The Hall–Kier alpha value is -1.43. The highest BCUT2D eigenvalue weighted by Crippen LogP contribution is 2.26. The SMILES string of the molecule is COc1ccc([N+](=O)[O-])cc1S(C)=O. The van der Waals surface area contributed by atoms with Gasteiger partial charge in [-0.15, -0.1) is 0 Å². The van der Waals surface area contributed by atoms with Gasteiger partial charge in [0.25, 0.3) is 5.69 Å². The maximum Gasteiger partial charge on any atom is 0.270 e. The second kappa shape index (κ2) is 4.19. The van der Waals surface area contributed by atoms with Gasteiger partial charge in [-0.1, -0.05) is 0 Å². The first-order valence-electron chi connectivity index (χ1n) is 3.72. The molecule has 0 heterocycles. The zero-order chi connectivity index (χ0) is 10.7. The van der Waals surface area contributed by atoms with E-state index in [1.807, 2.05) is 0 Å². The number of nitro groups is 1. The van der Waals surface area contributed by atoms with Gasteiger partial charge in [0, 0.05) is 18.4 Å². The number of non-ortho nitro benzene ring substituents is 1. The molecule has 1 aromatic rings. The highest BCUT2D eigenvalue weighted by Gasteiger charge is 2.13. The summed E-state index contributed by atoms with van der Waals surface area (Å²) in [6.45, 7) is 0. The van der Waals surface area contributed by atoms with Crippen LogP contribution >= 0.6 is 0 Å². The average molecular weight is 215 g/mol. The number of rotatable bonds is 3. The van der Waals surface area contributed by atoms with Gasteiger partial charge in [-0.25, -0.2) is 0 Å². The molecule has 1 aromatic carbocycles. The van der Waals surface area contributed by atoms with Crippen LogP contribution in [0.3, 0.4) is 0 Å². The third-order valence-corrected chi connectivity index (χ3v) is 2.61. The first kappa shape index (κ1) is 10.6. The van der Waals surface area contributed by atoms with E-state index in [4.69, 9.17) is 4.74 Å². The minimum atomic E-state index is -1.30. The maximum atomic E-state index is 11.2. The van der Waals surface area contributed by atoms with E-state index in [9.17, 15) is 14.3 Å². The van der Waals surface area contributed by atoms with Crippen molar-refractivity contribution in [1.82, 2.24) is 0 Å². The monoisotopic (exact) mass is 215 g/mol. The van der Waals surface area contributed by atoms with Crippen molar-refractivity contribution in [3.8, 4) is 5.75 Å². The quantitative estimate of drug-likeness (QED) is 0.563. The molecule has 0 radical (unpaired) electrons. The Bertz CT molecular complexity index is 391. The molecule has 76 valence electrons. The molecule has 0 aromatic heterocycles. The van der Waals surface area contributed by atoms with E-state index in [1.54, 1.807) is 0 Å². The molecule has 0 bridgehead atoms. The molecule has 5 nitrogen and oxygen atoms in total. The molecule has 0 saturated carbocycles. The molecule has 6 heteroatoms. The third kappa shape index (κ3) is 2.08. The number of benzene rings is 1. The summed E-state index contributed by atoms with van der Waals surface area (Å²) < 4.78 is 16.1. The van der Waals surface area contributed by atoms with Gasteiger partial charge >= 0.3 is 0 Å². The highest BCUT2D eigenvalue weighted by molar-refractivity contribution is 7.84. The molecule has 0 spiro atoms. The summed E-state index contributed by atoms with van der Waals surface area (Å²) in [6, 6.07) is 4.01. The van der Waals surface area contributed by atoms with E-state index in [0.29, 0.717) is 10.6 Å². The standard InChI is InChI=1S/C8H9NO4S/c1-13-7-4-3-6(9(10)11)5-8(7)14(2)12/h3-5H,1-2H3. The van der Waals surface area contributed by atoms with Crippen molar-refractivity contribution in [3.63, 3.8) is 0 Å². The van der Waals surface area contributed by atoms with Gasteiger partial charge in [0.2, 0.25) is 0 Å². The normalized spacial score (nSPS) is 12.1. The minimum Gasteiger partial charge on any atom is -0.495 e. The molecule has 0 fully saturated rings. The molecule has 1 atom stereocenters. The van der Waals surface area contributed by atoms with Gasteiger partial charge in [0.15, 0.2) is 0 Å². The minimum absolute atomic E-state index is 0.0870. The van der Waals surface area contributed by atoms with Gasteiger partial charge < -0.3 is 4.74 Å². The Balaban J connectivity index is 3.27. The van der Waals surface area contributed by atoms with Crippen LogP contribution in [0.1, 0.15) is 0 Å². The number of hydrogen-bond acceptors (Lipinski definition) is 4. The van der Waals surface area contributed by atoms with Gasteiger partial charge in [-0.05, 0) is 6.07 Å². The van der Waals surface area contributed by atoms with Crippen LogP contribution in [-0.4, -0.2) is 22.5 Å². The van der Waals surface area contributed by atoms with Crippen LogP contribution in [0.25, 0.3) is 0 Å². The smallest absolute Gasteiger partial charge is 0.270 e. The van der Waals surface area contributed by atoms with Crippen LogP contribution in [0.4, 0.5) is 5.69 Å². The van der Waals surface area contributed by atoms with Gasteiger partial charge in [0.05, 0.1) is 27.7 Å². The van der Waals surface area contributed by atoms with Crippen molar-refractivity contribution in [1.29, 1.82) is 0 Å². The fourth-order valence-electron chi connectivity index (χ4n) is 1.00. The molecule has 0 aliphatic rings. The number of nitro benzene ring substituents is 1. The van der Waals surface area contributed by atoms with E-state index in [-0.39, 0.29) is 5.69 Å². The summed E-state index contributed by atoms with van der Waals surface area (Å²) in [7, 11) is 0.131. The number of ether oxygens (including phenoxy) is 1. The van der Waals surface area contributed by atoms with E-state index >= 15 is 0 Å². The number of methoxy groups -OCH3 is 1. The Labute approximate surface area is 83.3 Å². The lowest BCUT2D eigenvalue weighted by Crippen LogP contribution is -1.96. The lowest BCUT2D eigenvalue weighted by molar-refractivity contribution is -0.385. The van der Waals surface area contributed by atoms with Crippen molar-refractivity contribution >= 4 is 16.5 Å². The van der Waals surface area contributed by atoms with Crippen molar-refractivity contribution in [3.05, 3.63) is 28.3 Å². The van der Waals surface area contributed by atoms with Crippen LogP contribution in [0.2, 0.25) is 0 Å². The van der Waals surface area contributed by atoms with Gasteiger partial charge in [-0.2, -0.15) is 0 Å². The largest absolute Gasteiger partial charge is 0.495 e. The molecule has 0 aliphatic heterocycles. The molecule has 14 heavy (non-hydrogen) atoms. The predicted molar refractivity (Wildman–Crippen MR) is 52.0 cm³/mol. The average Bonchev–Trinajstić information content (AvgIpc) is 2.16. The van der Waals surface area contributed by atoms with E-state index in [2.05, 4.69) is 0 Å². The lowest BCUT2D eigenvalue weighted by Gasteiger charge is -2.04. The first-order valence-corrected chi connectivity index (χ1v) is 5.28. The molecule has 1 unspecified atom stereocenters. The summed E-state index contributed by atoms with van der Waals surface area (Å²) in [5.41, 5.74) is -0.0870. The van der Waals surface area contributed by atoms with Crippen LogP contribution in [-0.2, 0) is 10.8 Å². The summed E-state index contributed by atoms with van der Waals surface area (Å²) in [6.07, 6.45) is 1.45. The third-order valence-electron chi connectivity index (χ3n) is 1.67. The van der Waals surface area contributed by atoms with Crippen LogP contribution in [0, 0.1) is 10.1 Å². The number of hydrogen-bond donors (Lipinski definition) is 0. The molecule has 0 aliphatic carbocycles. The van der Waals surface area contributed by atoms with Crippen molar-refractivity contribution < 1.29 is 13.9 Å². The Morgan fingerprint density at radius 3 is 2.57 bits per heavy atom. The molecular weight excluding hydrogens is 206 g/mol. The van der Waals surface area contributed by atoms with E-state index in [1.165, 1.54) is 31.6 Å². The van der Waals surface area contributed by atoms with Crippen molar-refractivity contribution in [2.75, 3.05) is 13.4 Å². The summed E-state index contributed by atoms with van der Waals surface area (Å²) >= 11 is 0. The fourth-order valence-corrected chi connectivity index (χ4v) is 1.72. The second-order valence-corrected chi connectivity index (χ2v) is 3.89. The zero-order valence-electron chi connectivity index (χ0n) is 7.72. The first-order chi connectivity index (χ1) is 6.56. The van der Waals surface area contributed by atoms with Gasteiger partial charge in [-0.3, -0.25) is 14.3 Å². The lowest BCUT2D eigenvalue weighted by atomic mass is 10.3. The number of nitrogens with zero attached hydrogens (tertiary/aromatic N) is 1.